The maximum atomic E-state index is 13.2. The number of aromatic nitrogens is 2. The Morgan fingerprint density at radius 1 is 0.846 bits per heavy atom. The number of hydrogen-bond acceptors (Lipinski definition) is 7. The van der Waals surface area contributed by atoms with Crippen LogP contribution in [0.2, 0.25) is 0 Å². The number of carbonyl (C=O) groups excluding carboxylic acids is 2. The van der Waals surface area contributed by atoms with Gasteiger partial charge in [-0.1, -0.05) is 30.3 Å². The van der Waals surface area contributed by atoms with Crippen LogP contribution in [0.15, 0.2) is 77.6 Å². The Balaban J connectivity index is 1.30. The van der Waals surface area contributed by atoms with E-state index in [9.17, 15) is 14.4 Å². The van der Waals surface area contributed by atoms with E-state index in [1.807, 2.05) is 24.3 Å². The van der Waals surface area contributed by atoms with Crippen molar-refractivity contribution in [2.75, 3.05) is 51.8 Å². The number of amides is 2. The largest absolute Gasteiger partial charge is 0.497 e. The molecule has 1 aromatic heterocycles. The first-order chi connectivity index (χ1) is 19.0. The van der Waals surface area contributed by atoms with Gasteiger partial charge in [-0.2, -0.15) is 9.78 Å². The van der Waals surface area contributed by atoms with E-state index in [0.717, 1.165) is 11.4 Å². The first kappa shape index (κ1) is 25.8. The van der Waals surface area contributed by atoms with Crippen LogP contribution in [0.4, 0.5) is 5.69 Å². The van der Waals surface area contributed by atoms with E-state index >= 15 is 0 Å². The van der Waals surface area contributed by atoms with Gasteiger partial charge in [0.25, 0.3) is 11.5 Å². The first-order valence-corrected chi connectivity index (χ1v) is 12.6. The van der Waals surface area contributed by atoms with Gasteiger partial charge in [-0.15, -0.1) is 0 Å². The summed E-state index contributed by atoms with van der Waals surface area (Å²) in [5, 5.41) is 7.86. The summed E-state index contributed by atoms with van der Waals surface area (Å²) in [6.07, 6.45) is 0. The van der Waals surface area contributed by atoms with Crippen molar-refractivity contribution in [2.24, 2.45) is 0 Å². The average Bonchev–Trinajstić information content (AvgIpc) is 3.00. The Labute approximate surface area is 225 Å². The van der Waals surface area contributed by atoms with E-state index in [1.165, 1.54) is 4.68 Å². The molecule has 4 aromatic rings. The van der Waals surface area contributed by atoms with Crippen molar-refractivity contribution in [3.05, 3.63) is 88.8 Å². The van der Waals surface area contributed by atoms with Gasteiger partial charge in [-0.25, -0.2) is 0 Å². The molecule has 1 fully saturated rings. The van der Waals surface area contributed by atoms with Gasteiger partial charge in [0.1, 0.15) is 11.5 Å². The molecule has 2 amide bonds. The Morgan fingerprint density at radius 3 is 2.21 bits per heavy atom. The van der Waals surface area contributed by atoms with Crippen LogP contribution in [-0.2, 0) is 4.79 Å². The number of rotatable bonds is 7. The number of piperazine rings is 1. The molecule has 0 saturated carbocycles. The minimum atomic E-state index is -0.533. The summed E-state index contributed by atoms with van der Waals surface area (Å²) in [6, 6.07) is 21.4. The Bertz CT molecular complexity index is 1560. The SMILES string of the molecule is COc1ccc(-n2nc(C(=O)NCC(=O)N3CCN(c4ccccc4OC)CC3)c3ccccc3c2=O)cc1. The summed E-state index contributed by atoms with van der Waals surface area (Å²) in [4.78, 5) is 43.3. The Hall–Kier alpha value is -4.86. The minimum Gasteiger partial charge on any atom is -0.497 e. The summed E-state index contributed by atoms with van der Waals surface area (Å²) < 4.78 is 11.8. The number of nitrogens with one attached hydrogen (secondary N) is 1. The zero-order valence-electron chi connectivity index (χ0n) is 21.8. The summed E-state index contributed by atoms with van der Waals surface area (Å²) in [7, 11) is 3.20. The normalized spacial score (nSPS) is 13.3. The van der Waals surface area contributed by atoms with Gasteiger partial charge >= 0.3 is 0 Å². The van der Waals surface area contributed by atoms with Crippen molar-refractivity contribution in [1.29, 1.82) is 0 Å². The van der Waals surface area contributed by atoms with E-state index in [2.05, 4.69) is 15.3 Å². The van der Waals surface area contributed by atoms with Gasteiger partial charge in [0, 0.05) is 31.6 Å². The number of nitrogens with zero attached hydrogens (tertiary/aromatic N) is 4. The zero-order valence-corrected chi connectivity index (χ0v) is 21.8. The molecule has 0 spiro atoms. The predicted molar refractivity (Wildman–Crippen MR) is 148 cm³/mol. The zero-order chi connectivity index (χ0) is 27.4. The van der Waals surface area contributed by atoms with Crippen molar-refractivity contribution in [3.8, 4) is 17.2 Å². The van der Waals surface area contributed by atoms with Gasteiger partial charge < -0.3 is 24.6 Å². The number of carbonyl (C=O) groups is 2. The van der Waals surface area contributed by atoms with Crippen LogP contribution >= 0.6 is 0 Å². The number of anilines is 1. The van der Waals surface area contributed by atoms with Crippen molar-refractivity contribution < 1.29 is 19.1 Å². The topological polar surface area (TPSA) is 106 Å². The Kier molecular flexibility index (Phi) is 7.44. The molecule has 0 aliphatic carbocycles. The first-order valence-electron chi connectivity index (χ1n) is 12.6. The fraction of sp³-hybridized carbons (Fsp3) is 0.241. The average molecular weight is 528 g/mol. The third-order valence-electron chi connectivity index (χ3n) is 6.80. The second kappa shape index (κ2) is 11.3. The lowest BCUT2D eigenvalue weighted by molar-refractivity contribution is -0.130. The molecule has 10 heteroatoms. The monoisotopic (exact) mass is 527 g/mol. The van der Waals surface area contributed by atoms with E-state index in [4.69, 9.17) is 9.47 Å². The lowest BCUT2D eigenvalue weighted by atomic mass is 10.1. The highest BCUT2D eigenvalue weighted by molar-refractivity contribution is 6.05. The highest BCUT2D eigenvalue weighted by atomic mass is 16.5. The number of benzene rings is 3. The molecule has 10 nitrogen and oxygen atoms in total. The molecule has 200 valence electrons. The van der Waals surface area contributed by atoms with Gasteiger partial charge in [-0.05, 0) is 42.5 Å². The van der Waals surface area contributed by atoms with E-state index < -0.39 is 5.91 Å². The second-order valence-corrected chi connectivity index (χ2v) is 9.03. The summed E-state index contributed by atoms with van der Waals surface area (Å²) in [5.74, 6) is 0.707. The maximum Gasteiger partial charge on any atom is 0.279 e. The summed E-state index contributed by atoms with van der Waals surface area (Å²) >= 11 is 0. The van der Waals surface area contributed by atoms with E-state index in [1.54, 1.807) is 67.7 Å². The third-order valence-corrected chi connectivity index (χ3v) is 6.80. The highest BCUT2D eigenvalue weighted by Crippen LogP contribution is 2.28. The van der Waals surface area contributed by atoms with Crippen LogP contribution in [0, 0.1) is 0 Å². The molecule has 39 heavy (non-hydrogen) atoms. The fourth-order valence-corrected chi connectivity index (χ4v) is 4.69. The number of para-hydroxylation sites is 2. The lowest BCUT2D eigenvalue weighted by Gasteiger charge is -2.36. The standard InChI is InChI=1S/C29H29N5O5/c1-38-21-13-11-20(12-14-21)34-29(37)23-8-4-3-7-22(23)27(31-34)28(36)30-19-26(35)33-17-15-32(16-18-33)24-9-5-6-10-25(24)39-2/h3-14H,15-19H2,1-2H3,(H,30,36). The number of hydrogen-bond donors (Lipinski definition) is 1. The smallest absolute Gasteiger partial charge is 0.279 e. The minimum absolute atomic E-state index is 0.0646. The Morgan fingerprint density at radius 2 is 1.51 bits per heavy atom. The molecule has 1 aliphatic rings. The molecule has 0 atom stereocenters. The van der Waals surface area contributed by atoms with Crippen LogP contribution in [0.3, 0.4) is 0 Å². The van der Waals surface area contributed by atoms with E-state index in [0.29, 0.717) is 48.4 Å². The number of fused-ring (bicyclic) bond motifs is 1. The molecule has 1 saturated heterocycles. The molecule has 1 aliphatic heterocycles. The number of ether oxygens (including phenoxy) is 2. The van der Waals surface area contributed by atoms with Crippen LogP contribution in [-0.4, -0.2) is 73.4 Å². The van der Waals surface area contributed by atoms with Crippen molar-refractivity contribution in [2.45, 2.75) is 0 Å². The lowest BCUT2D eigenvalue weighted by Crippen LogP contribution is -2.51. The van der Waals surface area contributed by atoms with Crippen molar-refractivity contribution >= 4 is 28.3 Å². The van der Waals surface area contributed by atoms with Crippen LogP contribution in [0.1, 0.15) is 10.5 Å². The van der Waals surface area contributed by atoms with Crippen molar-refractivity contribution in [1.82, 2.24) is 20.0 Å². The summed E-state index contributed by atoms with van der Waals surface area (Å²) in [6.45, 7) is 2.18. The molecule has 1 N–H and O–H groups in total. The van der Waals surface area contributed by atoms with Crippen LogP contribution in [0.25, 0.3) is 16.5 Å². The summed E-state index contributed by atoms with van der Waals surface area (Å²) in [5.41, 5.74) is 1.20. The van der Waals surface area contributed by atoms with Gasteiger partial charge in [0.05, 0.1) is 37.5 Å². The molecule has 0 radical (unpaired) electrons. The molecular weight excluding hydrogens is 498 g/mol. The number of methoxy groups -OCH3 is 2. The fourth-order valence-electron chi connectivity index (χ4n) is 4.69. The molecule has 2 heterocycles. The van der Waals surface area contributed by atoms with Gasteiger partial charge in [0.15, 0.2) is 5.69 Å². The second-order valence-electron chi connectivity index (χ2n) is 9.03. The van der Waals surface area contributed by atoms with E-state index in [-0.39, 0.29) is 23.7 Å². The van der Waals surface area contributed by atoms with Gasteiger partial charge in [0.2, 0.25) is 5.91 Å². The third kappa shape index (κ3) is 5.26. The van der Waals surface area contributed by atoms with Crippen LogP contribution < -0.4 is 25.2 Å². The molecule has 3 aromatic carbocycles. The highest BCUT2D eigenvalue weighted by Gasteiger charge is 2.24. The molecule has 5 rings (SSSR count). The molecule has 0 unspecified atom stereocenters. The molecule has 0 bridgehead atoms. The van der Waals surface area contributed by atoms with Crippen molar-refractivity contribution in [3.63, 3.8) is 0 Å². The quantitative estimate of drug-likeness (QED) is 0.394. The predicted octanol–water partition coefficient (Wildman–Crippen LogP) is 2.48. The molecular formula is C29H29N5O5. The van der Waals surface area contributed by atoms with Gasteiger partial charge in [-0.3, -0.25) is 14.4 Å². The van der Waals surface area contributed by atoms with Crippen LogP contribution in [0.5, 0.6) is 11.5 Å². The maximum absolute atomic E-state index is 13.2.